The molecule has 0 saturated heterocycles. The number of amides is 1. The molecule has 5 nitrogen and oxygen atoms in total. The maximum Gasteiger partial charge on any atom is 0.325 e. The van der Waals surface area contributed by atoms with Gasteiger partial charge in [-0.2, -0.15) is 5.26 Å². The van der Waals surface area contributed by atoms with Gasteiger partial charge < -0.3 is 14.4 Å². The maximum absolute atomic E-state index is 11.2. The number of hydrogen-bond donors (Lipinski definition) is 0. The Morgan fingerprint density at radius 3 is 2.61 bits per heavy atom. The molecule has 1 amide bonds. The van der Waals surface area contributed by atoms with Crippen LogP contribution in [0.3, 0.4) is 0 Å². The average molecular weight is 246 g/mol. The minimum absolute atomic E-state index is 0.384. The van der Waals surface area contributed by atoms with Gasteiger partial charge in [0, 0.05) is 13.6 Å². The van der Waals surface area contributed by atoms with Crippen molar-refractivity contribution in [1.29, 1.82) is 5.26 Å². The monoisotopic (exact) mass is 246 g/mol. The zero-order chi connectivity index (χ0) is 13.1. The van der Waals surface area contributed by atoms with Crippen LogP contribution in [0.5, 0.6) is 11.5 Å². The molecule has 5 heteroatoms. The van der Waals surface area contributed by atoms with Gasteiger partial charge >= 0.3 is 5.91 Å². The van der Waals surface area contributed by atoms with Crippen molar-refractivity contribution >= 4 is 5.91 Å². The second kappa shape index (κ2) is 4.96. The zero-order valence-electron chi connectivity index (χ0n) is 10.4. The largest absolute Gasteiger partial charge is 0.486 e. The molecule has 0 N–H and O–H groups in total. The topological polar surface area (TPSA) is 62.6 Å². The normalized spacial score (nSPS) is 12.7. The second-order valence-electron chi connectivity index (χ2n) is 4.20. The minimum atomic E-state index is -0.552. The van der Waals surface area contributed by atoms with E-state index in [1.54, 1.807) is 13.1 Å². The summed E-state index contributed by atoms with van der Waals surface area (Å²) in [6.45, 7) is 3.41. The molecule has 0 saturated carbocycles. The Kier molecular flexibility index (Phi) is 3.38. The lowest BCUT2D eigenvalue weighted by atomic mass is 10.1. The van der Waals surface area contributed by atoms with Crippen molar-refractivity contribution in [2.45, 2.75) is 13.5 Å². The maximum atomic E-state index is 11.2. The van der Waals surface area contributed by atoms with Crippen molar-refractivity contribution in [2.75, 3.05) is 20.3 Å². The van der Waals surface area contributed by atoms with Crippen molar-refractivity contribution in [2.24, 2.45) is 0 Å². The van der Waals surface area contributed by atoms with Crippen molar-refractivity contribution in [3.8, 4) is 17.6 Å². The minimum Gasteiger partial charge on any atom is -0.486 e. The quantitative estimate of drug-likeness (QED) is 0.737. The lowest BCUT2D eigenvalue weighted by Crippen LogP contribution is -2.25. The molecule has 0 bridgehead atoms. The number of carbonyl (C=O) groups excluding carboxylic acids is 1. The number of hydrogen-bond acceptors (Lipinski definition) is 4. The van der Waals surface area contributed by atoms with E-state index in [0.717, 1.165) is 16.9 Å². The van der Waals surface area contributed by atoms with Crippen LogP contribution in [0.4, 0.5) is 0 Å². The molecule has 0 aromatic heterocycles. The van der Waals surface area contributed by atoms with Crippen LogP contribution in [0, 0.1) is 18.3 Å². The van der Waals surface area contributed by atoms with Crippen LogP contribution >= 0.6 is 0 Å². The highest BCUT2D eigenvalue weighted by Crippen LogP contribution is 2.33. The fourth-order valence-corrected chi connectivity index (χ4v) is 1.82. The summed E-state index contributed by atoms with van der Waals surface area (Å²) in [6.07, 6.45) is 0. The van der Waals surface area contributed by atoms with Gasteiger partial charge in [-0.1, -0.05) is 0 Å². The smallest absolute Gasteiger partial charge is 0.325 e. The van der Waals surface area contributed by atoms with E-state index >= 15 is 0 Å². The highest BCUT2D eigenvalue weighted by Gasteiger charge is 2.16. The molecular weight excluding hydrogens is 232 g/mol. The van der Waals surface area contributed by atoms with Crippen LogP contribution in [-0.2, 0) is 11.3 Å². The van der Waals surface area contributed by atoms with Gasteiger partial charge in [-0.25, -0.2) is 0 Å². The first kappa shape index (κ1) is 12.2. The van der Waals surface area contributed by atoms with Gasteiger partial charge in [0.2, 0.25) is 0 Å². The van der Waals surface area contributed by atoms with E-state index in [1.165, 1.54) is 4.90 Å². The lowest BCUT2D eigenvalue weighted by Gasteiger charge is -2.21. The van der Waals surface area contributed by atoms with Gasteiger partial charge in [-0.05, 0) is 30.2 Å². The summed E-state index contributed by atoms with van der Waals surface area (Å²) >= 11 is 0. The molecule has 1 aliphatic rings. The summed E-state index contributed by atoms with van der Waals surface area (Å²) < 4.78 is 11.0. The molecule has 1 heterocycles. The van der Waals surface area contributed by atoms with E-state index in [1.807, 2.05) is 19.1 Å². The van der Waals surface area contributed by atoms with Crippen molar-refractivity contribution in [1.82, 2.24) is 4.90 Å². The molecule has 0 radical (unpaired) electrons. The number of ether oxygens (including phenoxy) is 2. The van der Waals surface area contributed by atoms with Gasteiger partial charge in [0.05, 0.1) is 0 Å². The number of nitrogens with zero attached hydrogens (tertiary/aromatic N) is 2. The molecule has 0 unspecified atom stereocenters. The molecule has 1 aliphatic heterocycles. The molecular formula is C13H14N2O3. The van der Waals surface area contributed by atoms with Crippen molar-refractivity contribution in [3.63, 3.8) is 0 Å². The van der Waals surface area contributed by atoms with E-state index in [-0.39, 0.29) is 0 Å². The van der Waals surface area contributed by atoms with Crippen LogP contribution in [0.2, 0.25) is 0 Å². The van der Waals surface area contributed by atoms with Crippen LogP contribution < -0.4 is 9.47 Å². The van der Waals surface area contributed by atoms with Gasteiger partial charge in [0.1, 0.15) is 13.2 Å². The summed E-state index contributed by atoms with van der Waals surface area (Å²) in [5.74, 6) is 0.876. The number of fused-ring (bicyclic) bond motifs is 1. The highest BCUT2D eigenvalue weighted by atomic mass is 16.6. The van der Waals surface area contributed by atoms with Gasteiger partial charge in [0.25, 0.3) is 0 Å². The van der Waals surface area contributed by atoms with Crippen LogP contribution in [0.1, 0.15) is 11.1 Å². The predicted octanol–water partition coefficient (Wildman–Crippen LogP) is 1.25. The molecule has 0 fully saturated rings. The van der Waals surface area contributed by atoms with Gasteiger partial charge in [0.15, 0.2) is 17.6 Å². The zero-order valence-corrected chi connectivity index (χ0v) is 10.4. The Balaban J connectivity index is 2.23. The van der Waals surface area contributed by atoms with Crippen LogP contribution in [-0.4, -0.2) is 31.1 Å². The number of benzene rings is 1. The number of rotatable bonds is 2. The SMILES string of the molecule is Cc1cc2c(cc1CN(C)C(=O)C#N)OCCO2. The molecule has 0 aliphatic carbocycles. The number of aryl methyl sites for hydroxylation is 1. The van der Waals surface area contributed by atoms with E-state index in [2.05, 4.69) is 0 Å². The van der Waals surface area contributed by atoms with E-state index in [9.17, 15) is 4.79 Å². The second-order valence-corrected chi connectivity index (χ2v) is 4.20. The summed E-state index contributed by atoms with van der Waals surface area (Å²) in [6, 6.07) is 5.36. The van der Waals surface area contributed by atoms with Crippen LogP contribution in [0.15, 0.2) is 12.1 Å². The molecule has 1 aromatic rings. The summed E-state index contributed by atoms with van der Waals surface area (Å²) in [5, 5.41) is 8.56. The van der Waals surface area contributed by atoms with E-state index in [4.69, 9.17) is 14.7 Å². The number of nitriles is 1. The molecule has 0 spiro atoms. The summed E-state index contributed by atoms with van der Waals surface area (Å²) in [7, 11) is 1.60. The fraction of sp³-hybridized carbons (Fsp3) is 0.385. The van der Waals surface area contributed by atoms with Crippen molar-refractivity contribution in [3.05, 3.63) is 23.3 Å². The predicted molar refractivity (Wildman–Crippen MR) is 64.3 cm³/mol. The van der Waals surface area contributed by atoms with Gasteiger partial charge in [-0.3, -0.25) is 4.79 Å². The molecule has 1 aromatic carbocycles. The van der Waals surface area contributed by atoms with Gasteiger partial charge in [-0.15, -0.1) is 0 Å². The third-order valence-corrected chi connectivity index (χ3v) is 2.85. The fourth-order valence-electron chi connectivity index (χ4n) is 1.82. The Hall–Kier alpha value is -2.22. The Labute approximate surface area is 106 Å². The average Bonchev–Trinajstić information content (AvgIpc) is 2.38. The Morgan fingerprint density at radius 2 is 2.00 bits per heavy atom. The Bertz CT molecular complexity index is 520. The third-order valence-electron chi connectivity index (χ3n) is 2.85. The Morgan fingerprint density at radius 1 is 1.39 bits per heavy atom. The molecule has 0 atom stereocenters. The van der Waals surface area contributed by atoms with Crippen LogP contribution in [0.25, 0.3) is 0 Å². The summed E-state index contributed by atoms with van der Waals surface area (Å²) in [5.41, 5.74) is 1.96. The highest BCUT2D eigenvalue weighted by molar-refractivity contribution is 5.90. The molecule has 2 rings (SSSR count). The number of carbonyl (C=O) groups is 1. The molecule has 18 heavy (non-hydrogen) atoms. The first-order chi connectivity index (χ1) is 8.61. The third kappa shape index (κ3) is 2.38. The van der Waals surface area contributed by atoms with E-state index < -0.39 is 5.91 Å². The van der Waals surface area contributed by atoms with Crippen molar-refractivity contribution < 1.29 is 14.3 Å². The summed E-state index contributed by atoms with van der Waals surface area (Å²) in [4.78, 5) is 12.6. The molecule has 94 valence electrons. The standard InChI is InChI=1S/C13H14N2O3/c1-9-5-11-12(18-4-3-17-11)6-10(9)8-15(2)13(16)7-14/h5-6H,3-4,8H2,1-2H3. The van der Waals surface area contributed by atoms with E-state index in [0.29, 0.717) is 25.5 Å². The lowest BCUT2D eigenvalue weighted by molar-refractivity contribution is -0.124. The first-order valence-corrected chi connectivity index (χ1v) is 5.66. The first-order valence-electron chi connectivity index (χ1n) is 5.66.